The molecule has 6 heteroatoms. The Morgan fingerprint density at radius 2 is 2.22 bits per heavy atom. The van der Waals surface area contributed by atoms with Crippen molar-refractivity contribution in [2.24, 2.45) is 11.7 Å². The number of amides is 1. The molecule has 1 rings (SSSR count). The number of hydrogen-bond donors (Lipinski definition) is 1. The summed E-state index contributed by atoms with van der Waals surface area (Å²) in [6.07, 6.45) is 0.570. The second kappa shape index (κ2) is 7.21. The maximum atomic E-state index is 12.3. The number of nitrogens with two attached hydrogens (primary N) is 1. The van der Waals surface area contributed by atoms with Gasteiger partial charge in [-0.1, -0.05) is 26.1 Å². The van der Waals surface area contributed by atoms with E-state index in [1.165, 1.54) is 11.3 Å². The fraction of sp³-hybridized carbons (Fsp3) is 0.500. The molecule has 1 aromatic rings. The second-order valence-corrected chi connectivity index (χ2v) is 7.45. The highest BCUT2D eigenvalue weighted by Crippen LogP contribution is 2.23. The zero-order valence-electron chi connectivity index (χ0n) is 10.5. The first-order chi connectivity index (χ1) is 8.40. The average Bonchev–Trinajstić information content (AvgIpc) is 2.69. The van der Waals surface area contributed by atoms with Gasteiger partial charge in [-0.15, -0.1) is 11.3 Å². The van der Waals surface area contributed by atoms with Crippen LogP contribution >= 0.6 is 39.5 Å². The van der Waals surface area contributed by atoms with Crippen LogP contribution in [0.2, 0.25) is 0 Å². The van der Waals surface area contributed by atoms with Crippen LogP contribution in [0.5, 0.6) is 0 Å². The molecule has 0 bridgehead atoms. The van der Waals surface area contributed by atoms with Gasteiger partial charge in [0.05, 0.1) is 13.7 Å². The predicted octanol–water partition coefficient (Wildman–Crippen LogP) is 3.29. The van der Waals surface area contributed by atoms with Crippen molar-refractivity contribution in [2.45, 2.75) is 20.3 Å². The normalized spacial score (nSPS) is 10.7. The molecule has 3 nitrogen and oxygen atoms in total. The van der Waals surface area contributed by atoms with Crippen molar-refractivity contribution in [3.63, 3.8) is 0 Å². The minimum Gasteiger partial charge on any atom is -0.393 e. The molecule has 0 saturated heterocycles. The quantitative estimate of drug-likeness (QED) is 0.802. The molecule has 0 aromatic carbocycles. The van der Waals surface area contributed by atoms with Gasteiger partial charge in [-0.3, -0.25) is 4.79 Å². The molecule has 0 unspecified atom stereocenters. The van der Waals surface area contributed by atoms with Gasteiger partial charge < -0.3 is 10.6 Å². The van der Waals surface area contributed by atoms with Gasteiger partial charge in [0, 0.05) is 19.5 Å². The largest absolute Gasteiger partial charge is 0.393 e. The molecule has 2 N–H and O–H groups in total. The van der Waals surface area contributed by atoms with E-state index in [2.05, 4.69) is 29.8 Å². The second-order valence-electron chi connectivity index (χ2n) is 4.47. The van der Waals surface area contributed by atoms with Gasteiger partial charge in [0.25, 0.3) is 5.91 Å². The number of nitrogens with zero attached hydrogens (tertiary/aromatic N) is 1. The molecule has 18 heavy (non-hydrogen) atoms. The highest BCUT2D eigenvalue weighted by atomic mass is 79.9. The van der Waals surface area contributed by atoms with Crippen molar-refractivity contribution in [3.8, 4) is 0 Å². The summed E-state index contributed by atoms with van der Waals surface area (Å²) in [4.78, 5) is 15.3. The Morgan fingerprint density at radius 1 is 1.56 bits per heavy atom. The van der Waals surface area contributed by atoms with Crippen LogP contribution in [0.15, 0.2) is 15.9 Å². The Morgan fingerprint density at radius 3 is 2.67 bits per heavy atom. The van der Waals surface area contributed by atoms with Crippen LogP contribution in [0.4, 0.5) is 0 Å². The molecule has 1 aromatic heterocycles. The minimum atomic E-state index is 0.0515. The third-order valence-corrected chi connectivity index (χ3v) is 4.10. The first-order valence-electron chi connectivity index (χ1n) is 5.73. The number of thiophene rings is 1. The molecule has 0 spiro atoms. The van der Waals surface area contributed by atoms with E-state index >= 15 is 0 Å². The highest BCUT2D eigenvalue weighted by molar-refractivity contribution is 9.11. The third-order valence-electron chi connectivity index (χ3n) is 2.28. The van der Waals surface area contributed by atoms with E-state index in [-0.39, 0.29) is 5.91 Å². The first kappa shape index (κ1) is 15.6. The summed E-state index contributed by atoms with van der Waals surface area (Å²) in [7, 11) is 0. The van der Waals surface area contributed by atoms with Crippen LogP contribution in [0.1, 0.15) is 29.9 Å². The number of carbonyl (C=O) groups excluding carboxylic acids is 1. The molecule has 1 heterocycles. The Labute approximate surface area is 125 Å². The molecule has 0 saturated carbocycles. The summed E-state index contributed by atoms with van der Waals surface area (Å²) in [6, 6.07) is 3.73. The highest BCUT2D eigenvalue weighted by Gasteiger charge is 2.18. The molecule has 1 amide bonds. The molecular weight excluding hydrogens is 332 g/mol. The molecule has 100 valence electrons. The van der Waals surface area contributed by atoms with Gasteiger partial charge in [-0.05, 0) is 34.0 Å². The van der Waals surface area contributed by atoms with Crippen LogP contribution in [0, 0.1) is 5.92 Å². The van der Waals surface area contributed by atoms with E-state index in [1.807, 2.05) is 17.0 Å². The molecule has 0 aliphatic rings. The van der Waals surface area contributed by atoms with Gasteiger partial charge in [0.2, 0.25) is 0 Å². The molecular formula is C12H17BrN2OS2. The predicted molar refractivity (Wildman–Crippen MR) is 84.2 cm³/mol. The number of hydrogen-bond acceptors (Lipinski definition) is 3. The van der Waals surface area contributed by atoms with Crippen molar-refractivity contribution in [1.82, 2.24) is 4.90 Å². The van der Waals surface area contributed by atoms with Crippen molar-refractivity contribution < 1.29 is 4.79 Å². The third kappa shape index (κ3) is 5.04. The summed E-state index contributed by atoms with van der Waals surface area (Å²) in [5.41, 5.74) is 5.50. The summed E-state index contributed by atoms with van der Waals surface area (Å²) in [5.74, 6) is 0.472. The Kier molecular flexibility index (Phi) is 6.25. The lowest BCUT2D eigenvalue weighted by Crippen LogP contribution is -2.36. The summed E-state index contributed by atoms with van der Waals surface area (Å²) >= 11 is 9.69. The number of carbonyl (C=O) groups is 1. The van der Waals surface area contributed by atoms with E-state index in [0.29, 0.717) is 23.9 Å². The van der Waals surface area contributed by atoms with Crippen molar-refractivity contribution >= 4 is 50.4 Å². The van der Waals surface area contributed by atoms with E-state index < -0.39 is 0 Å². The Hall–Kier alpha value is -0.460. The van der Waals surface area contributed by atoms with E-state index in [4.69, 9.17) is 18.0 Å². The first-order valence-corrected chi connectivity index (χ1v) is 7.75. The zero-order valence-corrected chi connectivity index (χ0v) is 13.7. The summed E-state index contributed by atoms with van der Waals surface area (Å²) in [5, 5.41) is 0. The smallest absolute Gasteiger partial charge is 0.263 e. The van der Waals surface area contributed by atoms with Crippen LogP contribution in [0.25, 0.3) is 0 Å². The average molecular weight is 349 g/mol. The molecule has 0 radical (unpaired) electrons. The minimum absolute atomic E-state index is 0.0515. The van der Waals surface area contributed by atoms with Crippen molar-refractivity contribution in [2.75, 3.05) is 13.1 Å². The van der Waals surface area contributed by atoms with Crippen LogP contribution < -0.4 is 5.73 Å². The van der Waals surface area contributed by atoms with E-state index in [0.717, 1.165) is 15.2 Å². The van der Waals surface area contributed by atoms with Crippen molar-refractivity contribution in [1.29, 1.82) is 0 Å². The van der Waals surface area contributed by atoms with Crippen LogP contribution in [-0.4, -0.2) is 28.9 Å². The van der Waals surface area contributed by atoms with Gasteiger partial charge >= 0.3 is 0 Å². The van der Waals surface area contributed by atoms with Crippen molar-refractivity contribution in [3.05, 3.63) is 20.8 Å². The van der Waals surface area contributed by atoms with Crippen LogP contribution in [-0.2, 0) is 0 Å². The standard InChI is InChI=1S/C12H17BrN2OS2/c1-8(2)7-15(6-5-11(14)17)12(16)9-3-4-10(13)18-9/h3-4,8H,5-7H2,1-2H3,(H2,14,17). The number of rotatable bonds is 6. The van der Waals surface area contributed by atoms with Crippen LogP contribution in [0.3, 0.4) is 0 Å². The maximum absolute atomic E-state index is 12.3. The number of thiocarbonyl (C=S) groups is 1. The fourth-order valence-corrected chi connectivity index (χ4v) is 2.99. The zero-order chi connectivity index (χ0) is 13.7. The topological polar surface area (TPSA) is 46.3 Å². The fourth-order valence-electron chi connectivity index (χ4n) is 1.55. The lowest BCUT2D eigenvalue weighted by molar-refractivity contribution is 0.0746. The monoisotopic (exact) mass is 348 g/mol. The summed E-state index contributed by atoms with van der Waals surface area (Å²) in [6.45, 7) is 5.48. The lowest BCUT2D eigenvalue weighted by atomic mass is 10.2. The van der Waals surface area contributed by atoms with Gasteiger partial charge in [-0.25, -0.2) is 0 Å². The molecule has 0 atom stereocenters. The van der Waals surface area contributed by atoms with E-state index in [1.54, 1.807) is 0 Å². The SMILES string of the molecule is CC(C)CN(CCC(N)=S)C(=O)c1ccc(Br)s1. The van der Waals surface area contributed by atoms with E-state index in [9.17, 15) is 4.79 Å². The lowest BCUT2D eigenvalue weighted by Gasteiger charge is -2.23. The molecule has 0 aliphatic heterocycles. The van der Waals surface area contributed by atoms with Gasteiger partial charge in [0.15, 0.2) is 0 Å². The van der Waals surface area contributed by atoms with Gasteiger partial charge in [-0.2, -0.15) is 0 Å². The summed E-state index contributed by atoms with van der Waals surface area (Å²) < 4.78 is 0.963. The number of halogens is 1. The maximum Gasteiger partial charge on any atom is 0.263 e. The Bertz CT molecular complexity index is 431. The van der Waals surface area contributed by atoms with Gasteiger partial charge in [0.1, 0.15) is 0 Å². The molecule has 0 aliphatic carbocycles. The molecule has 0 fully saturated rings. The Balaban J connectivity index is 2.75.